The molecule has 0 aromatic rings. The summed E-state index contributed by atoms with van der Waals surface area (Å²) in [5.41, 5.74) is -2.92. The van der Waals surface area contributed by atoms with E-state index in [2.05, 4.69) is 0 Å². The standard InChI is InChI=1S/C15H22O4S/c1-10(16)13(2)8-11-6-7-15(13,19-4)12(17)14(11,18-3)9-20-5/h6-7,11H,8-9H2,1-5H3/t11-,13-,14+,15+/m1/s1. The monoisotopic (exact) mass is 298 g/mol. The van der Waals surface area contributed by atoms with Crippen LogP contribution in [0.1, 0.15) is 20.3 Å². The summed E-state index contributed by atoms with van der Waals surface area (Å²) >= 11 is 1.57. The SMILES string of the molecule is CO[C@]12C=C[C@H](C[C@]1(C)C(C)=O)[C@](CSC)(OC)C2=O. The number of rotatable bonds is 5. The lowest BCUT2D eigenvalue weighted by Gasteiger charge is -2.58. The van der Waals surface area contributed by atoms with E-state index in [1.807, 2.05) is 19.3 Å². The van der Waals surface area contributed by atoms with Crippen molar-refractivity contribution in [3.63, 3.8) is 0 Å². The number of ketones is 2. The highest BCUT2D eigenvalue weighted by Gasteiger charge is 2.70. The highest BCUT2D eigenvalue weighted by molar-refractivity contribution is 7.98. The molecule has 0 radical (unpaired) electrons. The zero-order valence-corrected chi connectivity index (χ0v) is 13.5. The van der Waals surface area contributed by atoms with Crippen LogP contribution in [0.4, 0.5) is 0 Å². The second kappa shape index (κ2) is 4.97. The van der Waals surface area contributed by atoms with Gasteiger partial charge in [-0.2, -0.15) is 11.8 Å². The minimum Gasteiger partial charge on any atom is -0.369 e. The van der Waals surface area contributed by atoms with Crippen molar-refractivity contribution >= 4 is 23.3 Å². The lowest BCUT2D eigenvalue weighted by molar-refractivity contribution is -0.197. The topological polar surface area (TPSA) is 52.6 Å². The van der Waals surface area contributed by atoms with Gasteiger partial charge in [0.2, 0.25) is 5.78 Å². The zero-order valence-electron chi connectivity index (χ0n) is 12.7. The maximum atomic E-state index is 13.1. The predicted molar refractivity (Wildman–Crippen MR) is 78.9 cm³/mol. The quantitative estimate of drug-likeness (QED) is 0.725. The van der Waals surface area contributed by atoms with Crippen LogP contribution in [0.5, 0.6) is 0 Å². The van der Waals surface area contributed by atoms with Crippen molar-refractivity contribution in [2.24, 2.45) is 11.3 Å². The van der Waals surface area contributed by atoms with Gasteiger partial charge in [0.15, 0.2) is 5.60 Å². The van der Waals surface area contributed by atoms with Crippen LogP contribution in [0.2, 0.25) is 0 Å². The molecule has 3 rings (SSSR count). The van der Waals surface area contributed by atoms with Gasteiger partial charge in [-0.1, -0.05) is 6.08 Å². The van der Waals surface area contributed by atoms with E-state index in [9.17, 15) is 9.59 Å². The molecule has 2 bridgehead atoms. The summed E-state index contributed by atoms with van der Waals surface area (Å²) in [6.07, 6.45) is 6.27. The summed E-state index contributed by atoms with van der Waals surface area (Å²) in [5, 5.41) is 0. The molecule has 3 aliphatic rings. The molecule has 0 amide bonds. The van der Waals surface area contributed by atoms with Gasteiger partial charge in [-0.05, 0) is 32.6 Å². The number of hydrogen-bond acceptors (Lipinski definition) is 5. The Balaban J connectivity index is 2.62. The second-order valence-electron chi connectivity index (χ2n) is 5.85. The van der Waals surface area contributed by atoms with Crippen LogP contribution in [-0.4, -0.2) is 49.0 Å². The number of fused-ring (bicyclic) bond motifs is 2. The number of methoxy groups -OCH3 is 2. The maximum absolute atomic E-state index is 13.1. The van der Waals surface area contributed by atoms with Crippen molar-refractivity contribution in [1.82, 2.24) is 0 Å². The largest absolute Gasteiger partial charge is 0.369 e. The van der Waals surface area contributed by atoms with Gasteiger partial charge in [0, 0.05) is 25.9 Å². The van der Waals surface area contributed by atoms with Crippen LogP contribution in [0.15, 0.2) is 12.2 Å². The van der Waals surface area contributed by atoms with Crippen LogP contribution in [0, 0.1) is 11.3 Å². The molecule has 0 aromatic heterocycles. The van der Waals surface area contributed by atoms with E-state index in [-0.39, 0.29) is 17.5 Å². The minimum atomic E-state index is -1.21. The van der Waals surface area contributed by atoms with Crippen molar-refractivity contribution in [2.45, 2.75) is 31.5 Å². The van der Waals surface area contributed by atoms with Crippen molar-refractivity contribution in [3.8, 4) is 0 Å². The molecule has 0 heterocycles. The van der Waals surface area contributed by atoms with Gasteiger partial charge >= 0.3 is 0 Å². The Morgan fingerprint density at radius 2 is 2.10 bits per heavy atom. The minimum absolute atomic E-state index is 0.0177. The first-order valence-corrected chi connectivity index (χ1v) is 8.08. The molecule has 3 aliphatic carbocycles. The first-order valence-electron chi connectivity index (χ1n) is 6.69. The van der Waals surface area contributed by atoms with Gasteiger partial charge in [0.25, 0.3) is 0 Å². The van der Waals surface area contributed by atoms with Gasteiger partial charge in [0.1, 0.15) is 11.4 Å². The Hall–Kier alpha value is -0.650. The first kappa shape index (κ1) is 15.7. The Morgan fingerprint density at radius 3 is 2.55 bits per heavy atom. The lowest BCUT2D eigenvalue weighted by atomic mass is 9.50. The molecule has 5 heteroatoms. The molecular weight excluding hydrogens is 276 g/mol. The summed E-state index contributed by atoms with van der Waals surface area (Å²) < 4.78 is 11.3. The molecule has 4 nitrogen and oxygen atoms in total. The zero-order chi connectivity index (χ0) is 15.2. The number of Topliss-reactive ketones (excluding diaryl/α,β-unsaturated/α-hetero) is 2. The van der Waals surface area contributed by atoms with Crippen molar-refractivity contribution in [1.29, 1.82) is 0 Å². The summed E-state index contributed by atoms with van der Waals surface area (Å²) in [6, 6.07) is 0. The van der Waals surface area contributed by atoms with E-state index < -0.39 is 16.6 Å². The predicted octanol–water partition coefficient (Wildman–Crippen LogP) is 1.87. The number of hydrogen-bond donors (Lipinski definition) is 0. The summed E-state index contributed by atoms with van der Waals surface area (Å²) in [7, 11) is 3.06. The molecule has 0 spiro atoms. The molecule has 112 valence electrons. The van der Waals surface area contributed by atoms with Crippen LogP contribution >= 0.6 is 11.8 Å². The maximum Gasteiger partial charge on any atom is 0.202 e. The van der Waals surface area contributed by atoms with Crippen LogP contribution in [0.3, 0.4) is 0 Å². The summed E-state index contributed by atoms with van der Waals surface area (Å²) in [6.45, 7) is 3.36. The molecule has 0 unspecified atom stereocenters. The Morgan fingerprint density at radius 1 is 1.45 bits per heavy atom. The molecule has 4 atom stereocenters. The van der Waals surface area contributed by atoms with E-state index in [0.29, 0.717) is 12.2 Å². The number of ether oxygens (including phenoxy) is 2. The highest BCUT2D eigenvalue weighted by atomic mass is 32.2. The molecule has 1 fully saturated rings. The first-order chi connectivity index (χ1) is 9.34. The van der Waals surface area contributed by atoms with Gasteiger partial charge in [-0.15, -0.1) is 0 Å². The van der Waals surface area contributed by atoms with E-state index in [0.717, 1.165) is 0 Å². The molecule has 0 aliphatic heterocycles. The normalized spacial score (nSPS) is 43.0. The van der Waals surface area contributed by atoms with Gasteiger partial charge in [-0.25, -0.2) is 0 Å². The Bertz CT molecular complexity index is 474. The van der Waals surface area contributed by atoms with Crippen LogP contribution in [-0.2, 0) is 19.1 Å². The molecule has 1 saturated carbocycles. The number of thioether (sulfide) groups is 1. The fourth-order valence-corrected chi connectivity index (χ4v) is 4.60. The number of carbonyl (C=O) groups is 2. The van der Waals surface area contributed by atoms with E-state index >= 15 is 0 Å². The van der Waals surface area contributed by atoms with E-state index in [1.165, 1.54) is 14.0 Å². The average molecular weight is 298 g/mol. The fourth-order valence-electron chi connectivity index (χ4n) is 3.71. The highest BCUT2D eigenvalue weighted by Crippen LogP contribution is 2.56. The van der Waals surface area contributed by atoms with Crippen molar-refractivity contribution in [3.05, 3.63) is 12.2 Å². The Labute approximate surface area is 124 Å². The van der Waals surface area contributed by atoms with Gasteiger partial charge in [0.05, 0.1) is 5.41 Å². The van der Waals surface area contributed by atoms with Gasteiger partial charge < -0.3 is 9.47 Å². The lowest BCUT2D eigenvalue weighted by Crippen LogP contribution is -2.73. The third-order valence-electron chi connectivity index (χ3n) is 5.15. The third kappa shape index (κ3) is 1.63. The van der Waals surface area contributed by atoms with Gasteiger partial charge in [-0.3, -0.25) is 9.59 Å². The van der Waals surface area contributed by atoms with Crippen LogP contribution < -0.4 is 0 Å². The third-order valence-corrected chi connectivity index (χ3v) is 5.87. The van der Waals surface area contributed by atoms with E-state index in [4.69, 9.17) is 9.47 Å². The summed E-state index contributed by atoms with van der Waals surface area (Å²) in [5.74, 6) is 0.339. The summed E-state index contributed by atoms with van der Waals surface area (Å²) in [4.78, 5) is 25.3. The molecule has 0 N–H and O–H groups in total. The second-order valence-corrected chi connectivity index (χ2v) is 6.72. The molecule has 0 aromatic carbocycles. The fraction of sp³-hybridized carbons (Fsp3) is 0.733. The molecular formula is C15H22O4S. The average Bonchev–Trinajstić information content (AvgIpc) is 2.43. The Kier molecular flexibility index (Phi) is 3.91. The van der Waals surface area contributed by atoms with Crippen molar-refractivity contribution in [2.75, 3.05) is 26.2 Å². The molecule has 0 saturated heterocycles. The van der Waals surface area contributed by atoms with Crippen molar-refractivity contribution < 1.29 is 19.1 Å². The van der Waals surface area contributed by atoms with Crippen LogP contribution in [0.25, 0.3) is 0 Å². The smallest absolute Gasteiger partial charge is 0.202 e. The van der Waals surface area contributed by atoms with E-state index in [1.54, 1.807) is 24.9 Å². The number of carbonyl (C=O) groups excluding carboxylic acids is 2. The molecule has 20 heavy (non-hydrogen) atoms.